The van der Waals surface area contributed by atoms with Crippen molar-refractivity contribution in [1.29, 1.82) is 0 Å². The normalized spacial score (nSPS) is 11.4. The van der Waals surface area contributed by atoms with Gasteiger partial charge in [-0.25, -0.2) is 28.1 Å². The Morgan fingerprint density at radius 1 is 0.844 bits per heavy atom. The molecule has 0 fully saturated rings. The third-order valence-corrected chi connectivity index (χ3v) is 6.90. The van der Waals surface area contributed by atoms with E-state index in [0.717, 1.165) is 22.1 Å². The molecular formula is C23H23N5O2S2. The van der Waals surface area contributed by atoms with Crippen molar-refractivity contribution in [2.45, 2.75) is 32.6 Å². The second kappa shape index (κ2) is 8.68. The largest absolute Gasteiger partial charge is 0.332 e. The molecule has 164 valence electrons. The van der Waals surface area contributed by atoms with Gasteiger partial charge in [-0.15, -0.1) is 11.3 Å². The van der Waals surface area contributed by atoms with Crippen LogP contribution < -0.4 is 10.0 Å². The van der Waals surface area contributed by atoms with Crippen molar-refractivity contribution in [3.8, 4) is 11.3 Å². The average Bonchev–Trinajstić information content (AvgIpc) is 3.17. The fourth-order valence-electron chi connectivity index (χ4n) is 3.26. The number of nitrogens with one attached hydrogen (secondary N) is 2. The molecule has 9 heteroatoms. The molecule has 7 nitrogen and oxygen atoms in total. The molecule has 0 aliphatic carbocycles. The molecule has 2 N–H and O–H groups in total. The predicted octanol–water partition coefficient (Wildman–Crippen LogP) is 5.38. The van der Waals surface area contributed by atoms with E-state index >= 15 is 0 Å². The van der Waals surface area contributed by atoms with E-state index in [2.05, 4.69) is 57.0 Å². The smallest absolute Gasteiger partial charge is 0.264 e. The molecular weight excluding hydrogens is 442 g/mol. The van der Waals surface area contributed by atoms with Crippen LogP contribution in [-0.2, 0) is 10.0 Å². The number of hydrogen-bond donors (Lipinski definition) is 2. The van der Waals surface area contributed by atoms with Gasteiger partial charge in [0.25, 0.3) is 10.0 Å². The maximum atomic E-state index is 12.7. The summed E-state index contributed by atoms with van der Waals surface area (Å²) in [6.07, 6.45) is 0. The number of benzene rings is 2. The van der Waals surface area contributed by atoms with E-state index in [1.165, 1.54) is 34.6 Å². The minimum absolute atomic E-state index is 0.0615. The van der Waals surface area contributed by atoms with E-state index in [1.54, 1.807) is 32.0 Å². The summed E-state index contributed by atoms with van der Waals surface area (Å²) in [6, 6.07) is 14.6. The van der Waals surface area contributed by atoms with Crippen molar-refractivity contribution in [3.63, 3.8) is 0 Å². The van der Waals surface area contributed by atoms with Crippen LogP contribution in [0, 0.1) is 27.7 Å². The molecule has 0 aliphatic heterocycles. The quantitative estimate of drug-likeness (QED) is 0.397. The molecule has 32 heavy (non-hydrogen) atoms. The van der Waals surface area contributed by atoms with Crippen LogP contribution in [0.5, 0.6) is 0 Å². The van der Waals surface area contributed by atoms with Crippen molar-refractivity contribution < 1.29 is 8.42 Å². The van der Waals surface area contributed by atoms with Crippen LogP contribution in [0.2, 0.25) is 0 Å². The van der Waals surface area contributed by atoms with E-state index in [4.69, 9.17) is 0 Å². The Morgan fingerprint density at radius 3 is 2.22 bits per heavy atom. The lowest BCUT2D eigenvalue weighted by Crippen LogP contribution is -2.15. The van der Waals surface area contributed by atoms with Crippen molar-refractivity contribution in [3.05, 3.63) is 76.4 Å². The Labute approximate surface area is 191 Å². The van der Waals surface area contributed by atoms with E-state index in [-0.39, 0.29) is 10.8 Å². The average molecular weight is 466 g/mol. The van der Waals surface area contributed by atoms with Gasteiger partial charge < -0.3 is 5.32 Å². The topological polar surface area (TPSA) is 96.9 Å². The van der Waals surface area contributed by atoms with E-state index in [1.807, 2.05) is 5.38 Å². The third kappa shape index (κ3) is 4.95. The van der Waals surface area contributed by atoms with Gasteiger partial charge >= 0.3 is 0 Å². The van der Waals surface area contributed by atoms with Crippen LogP contribution in [0.1, 0.15) is 22.5 Å². The van der Waals surface area contributed by atoms with Gasteiger partial charge in [0.1, 0.15) is 0 Å². The summed E-state index contributed by atoms with van der Waals surface area (Å²) in [7, 11) is -3.79. The first-order chi connectivity index (χ1) is 15.2. The number of nitrogens with zero attached hydrogens (tertiary/aromatic N) is 3. The first kappa shape index (κ1) is 21.9. The molecule has 2 aromatic heterocycles. The number of hydrogen-bond acceptors (Lipinski definition) is 7. The summed E-state index contributed by atoms with van der Waals surface area (Å²) >= 11 is 1.50. The van der Waals surface area contributed by atoms with Crippen LogP contribution in [0.3, 0.4) is 0 Å². The fourth-order valence-corrected chi connectivity index (χ4v) is 4.93. The molecule has 4 rings (SSSR count). The molecule has 0 bridgehead atoms. The van der Waals surface area contributed by atoms with Crippen molar-refractivity contribution in [2.24, 2.45) is 0 Å². The number of sulfonamides is 1. The number of aromatic nitrogens is 3. The van der Waals surface area contributed by atoms with Gasteiger partial charge in [-0.3, -0.25) is 0 Å². The number of thiazole rings is 1. The van der Waals surface area contributed by atoms with Crippen molar-refractivity contribution in [1.82, 2.24) is 15.0 Å². The van der Waals surface area contributed by atoms with Gasteiger partial charge in [0.05, 0.1) is 10.6 Å². The molecule has 0 saturated heterocycles. The molecule has 0 saturated carbocycles. The highest BCUT2D eigenvalue weighted by molar-refractivity contribution is 7.92. The third-order valence-electron chi connectivity index (χ3n) is 4.80. The maximum absolute atomic E-state index is 12.7. The van der Waals surface area contributed by atoms with Gasteiger partial charge in [0.15, 0.2) is 5.13 Å². The zero-order valence-electron chi connectivity index (χ0n) is 18.2. The van der Waals surface area contributed by atoms with E-state index in [9.17, 15) is 8.42 Å². The molecule has 2 aromatic carbocycles. The highest BCUT2D eigenvalue weighted by atomic mass is 32.2. The molecule has 0 aliphatic rings. The molecule has 0 atom stereocenters. The Hall–Kier alpha value is -3.30. The van der Waals surface area contributed by atoms with Crippen LogP contribution in [0.25, 0.3) is 11.3 Å². The Balaban J connectivity index is 1.49. The second-order valence-electron chi connectivity index (χ2n) is 7.59. The fraction of sp³-hybridized carbons (Fsp3) is 0.174. The number of anilines is 3. The highest BCUT2D eigenvalue weighted by Gasteiger charge is 2.16. The van der Waals surface area contributed by atoms with Crippen LogP contribution in [0.15, 0.2) is 58.8 Å². The summed E-state index contributed by atoms with van der Waals surface area (Å²) in [6.45, 7) is 7.71. The standard InChI is InChI=1S/C23H23N5O2S2/c1-14-5-6-15(2)20(11-14)21-13-31-23(27-21)26-18-7-9-19(10-8-18)32(29,30)28-22-24-16(3)12-17(4)25-22/h5-13H,1-4H3,(H,26,27)(H,24,25,28). The van der Waals surface area contributed by atoms with E-state index in [0.29, 0.717) is 11.4 Å². The molecule has 0 spiro atoms. The Bertz CT molecular complexity index is 1360. The van der Waals surface area contributed by atoms with Crippen molar-refractivity contribution in [2.75, 3.05) is 10.0 Å². The van der Waals surface area contributed by atoms with Crippen molar-refractivity contribution >= 4 is 38.1 Å². The SMILES string of the molecule is Cc1ccc(C)c(-c2csc(Nc3ccc(S(=O)(=O)Nc4nc(C)cc(C)n4)cc3)n2)c1. The molecule has 4 aromatic rings. The minimum atomic E-state index is -3.79. The van der Waals surface area contributed by atoms with Crippen LogP contribution >= 0.6 is 11.3 Å². The summed E-state index contributed by atoms with van der Waals surface area (Å²) in [5, 5.41) is 5.98. The summed E-state index contributed by atoms with van der Waals surface area (Å²) in [5.41, 5.74) is 6.50. The zero-order chi connectivity index (χ0) is 22.9. The first-order valence-corrected chi connectivity index (χ1v) is 12.3. The summed E-state index contributed by atoms with van der Waals surface area (Å²) < 4.78 is 27.8. The van der Waals surface area contributed by atoms with Gasteiger partial charge in [-0.2, -0.15) is 0 Å². The lowest BCUT2D eigenvalue weighted by Gasteiger charge is -2.09. The highest BCUT2D eigenvalue weighted by Crippen LogP contribution is 2.30. The van der Waals surface area contributed by atoms with Gasteiger partial charge in [-0.1, -0.05) is 17.7 Å². The van der Waals surface area contributed by atoms with Crippen LogP contribution in [-0.4, -0.2) is 23.4 Å². The van der Waals surface area contributed by atoms with Gasteiger partial charge in [-0.05, 0) is 69.7 Å². The molecule has 0 unspecified atom stereocenters. The minimum Gasteiger partial charge on any atom is -0.332 e. The first-order valence-electron chi connectivity index (χ1n) is 9.95. The van der Waals surface area contributed by atoms with Crippen LogP contribution in [0.4, 0.5) is 16.8 Å². The number of aryl methyl sites for hydroxylation is 4. The monoisotopic (exact) mass is 465 g/mol. The van der Waals surface area contributed by atoms with Gasteiger partial charge in [0.2, 0.25) is 5.95 Å². The van der Waals surface area contributed by atoms with E-state index < -0.39 is 10.0 Å². The zero-order valence-corrected chi connectivity index (χ0v) is 19.8. The lowest BCUT2D eigenvalue weighted by atomic mass is 10.0. The summed E-state index contributed by atoms with van der Waals surface area (Å²) in [5.74, 6) is 0.0615. The molecule has 0 radical (unpaired) electrons. The Kier molecular flexibility index (Phi) is 5.94. The van der Waals surface area contributed by atoms with Gasteiger partial charge in [0, 0.05) is 28.0 Å². The Morgan fingerprint density at radius 2 is 1.53 bits per heavy atom. The summed E-state index contributed by atoms with van der Waals surface area (Å²) in [4.78, 5) is 13.1. The second-order valence-corrected chi connectivity index (χ2v) is 10.1. The predicted molar refractivity (Wildman–Crippen MR) is 129 cm³/mol. The maximum Gasteiger partial charge on any atom is 0.264 e. The molecule has 2 heterocycles. The number of rotatable bonds is 6. The molecule has 0 amide bonds. The lowest BCUT2D eigenvalue weighted by molar-refractivity contribution is 0.601.